The summed E-state index contributed by atoms with van der Waals surface area (Å²) in [6.45, 7) is 0. The third-order valence-electron chi connectivity index (χ3n) is 3.14. The molecule has 2 aromatic carbocycles. The normalized spacial score (nSPS) is 11.7. The van der Waals surface area contributed by atoms with Gasteiger partial charge in [-0.05, 0) is 35.9 Å². The van der Waals surface area contributed by atoms with Crippen molar-refractivity contribution in [2.75, 3.05) is 0 Å². The SMILES string of the molecule is NC(=O)[C@H](Cc1ccccc1Br)NC(=O)c1ccc(Cl)cc1. The first-order chi connectivity index (χ1) is 10.5. The summed E-state index contributed by atoms with van der Waals surface area (Å²) in [5.74, 6) is -0.953. The van der Waals surface area contributed by atoms with Gasteiger partial charge in [0.1, 0.15) is 6.04 Å². The van der Waals surface area contributed by atoms with Crippen molar-refractivity contribution in [3.8, 4) is 0 Å². The summed E-state index contributed by atoms with van der Waals surface area (Å²) in [4.78, 5) is 23.8. The van der Waals surface area contributed by atoms with E-state index in [2.05, 4.69) is 21.2 Å². The number of nitrogens with two attached hydrogens (primary N) is 1. The van der Waals surface area contributed by atoms with Crippen LogP contribution in [-0.2, 0) is 11.2 Å². The van der Waals surface area contributed by atoms with Crippen molar-refractivity contribution in [3.63, 3.8) is 0 Å². The van der Waals surface area contributed by atoms with Crippen molar-refractivity contribution in [1.82, 2.24) is 5.32 Å². The molecule has 6 heteroatoms. The lowest BCUT2D eigenvalue weighted by molar-refractivity contribution is -0.119. The summed E-state index contributed by atoms with van der Waals surface area (Å²) in [5, 5.41) is 3.19. The number of carbonyl (C=O) groups is 2. The van der Waals surface area contributed by atoms with Gasteiger partial charge in [-0.1, -0.05) is 45.7 Å². The largest absolute Gasteiger partial charge is 0.368 e. The lowest BCUT2D eigenvalue weighted by atomic mass is 10.0. The standard InChI is InChI=1S/C16H14BrClN2O2/c17-13-4-2-1-3-11(13)9-14(15(19)21)20-16(22)10-5-7-12(18)8-6-10/h1-8,14H,9H2,(H2,19,21)(H,20,22)/t14-/m0/s1. The van der Waals surface area contributed by atoms with Crippen LogP contribution < -0.4 is 11.1 Å². The highest BCUT2D eigenvalue weighted by Gasteiger charge is 2.20. The molecule has 2 aromatic rings. The molecule has 0 radical (unpaired) electrons. The Kier molecular flexibility index (Phi) is 5.57. The van der Waals surface area contributed by atoms with E-state index in [1.807, 2.05) is 24.3 Å². The number of primary amides is 1. The summed E-state index contributed by atoms with van der Waals surface area (Å²) in [5.41, 5.74) is 6.71. The molecule has 0 unspecified atom stereocenters. The fourth-order valence-electron chi connectivity index (χ4n) is 1.95. The van der Waals surface area contributed by atoms with Gasteiger partial charge < -0.3 is 11.1 Å². The maximum absolute atomic E-state index is 12.2. The van der Waals surface area contributed by atoms with Crippen LogP contribution >= 0.6 is 27.5 Å². The molecule has 0 heterocycles. The van der Waals surface area contributed by atoms with Gasteiger partial charge in [0.25, 0.3) is 5.91 Å². The number of hydrogen-bond donors (Lipinski definition) is 2. The molecule has 2 rings (SSSR count). The van der Waals surface area contributed by atoms with Gasteiger partial charge in [0.2, 0.25) is 5.91 Å². The second kappa shape index (κ2) is 7.42. The summed E-state index contributed by atoms with van der Waals surface area (Å²) in [7, 11) is 0. The monoisotopic (exact) mass is 380 g/mol. The molecule has 0 saturated heterocycles. The van der Waals surface area contributed by atoms with Gasteiger partial charge >= 0.3 is 0 Å². The van der Waals surface area contributed by atoms with Crippen LogP contribution in [0, 0.1) is 0 Å². The average molecular weight is 382 g/mol. The summed E-state index contributed by atoms with van der Waals surface area (Å²) in [6, 6.07) is 13.1. The molecule has 22 heavy (non-hydrogen) atoms. The molecule has 0 aliphatic rings. The quantitative estimate of drug-likeness (QED) is 0.836. The zero-order chi connectivity index (χ0) is 16.1. The van der Waals surface area contributed by atoms with Crippen LogP contribution in [-0.4, -0.2) is 17.9 Å². The number of amides is 2. The fraction of sp³-hybridized carbons (Fsp3) is 0.125. The third kappa shape index (κ3) is 4.32. The lowest BCUT2D eigenvalue weighted by Crippen LogP contribution is -2.45. The van der Waals surface area contributed by atoms with Gasteiger partial charge in [-0.25, -0.2) is 0 Å². The number of benzene rings is 2. The molecule has 0 saturated carbocycles. The molecule has 0 fully saturated rings. The molecule has 114 valence electrons. The first kappa shape index (κ1) is 16.5. The van der Waals surface area contributed by atoms with E-state index in [4.69, 9.17) is 17.3 Å². The Morgan fingerprint density at radius 1 is 1.14 bits per heavy atom. The molecule has 0 bridgehead atoms. The molecule has 3 N–H and O–H groups in total. The van der Waals surface area contributed by atoms with Crippen LogP contribution in [0.1, 0.15) is 15.9 Å². The first-order valence-electron chi connectivity index (χ1n) is 6.56. The number of rotatable bonds is 5. The number of halogens is 2. The minimum atomic E-state index is -0.790. The third-order valence-corrected chi connectivity index (χ3v) is 4.16. The minimum Gasteiger partial charge on any atom is -0.368 e. The Labute approximate surface area is 141 Å². The summed E-state index contributed by atoms with van der Waals surface area (Å²) < 4.78 is 0.863. The lowest BCUT2D eigenvalue weighted by Gasteiger charge is -2.16. The van der Waals surface area contributed by atoms with E-state index < -0.39 is 11.9 Å². The van der Waals surface area contributed by atoms with Gasteiger partial charge in [-0.3, -0.25) is 9.59 Å². The molecule has 1 atom stereocenters. The van der Waals surface area contributed by atoms with Crippen molar-refractivity contribution in [3.05, 3.63) is 69.2 Å². The molecule has 0 aliphatic carbocycles. The average Bonchev–Trinajstić information content (AvgIpc) is 2.49. The molecule has 0 spiro atoms. The van der Waals surface area contributed by atoms with E-state index >= 15 is 0 Å². The van der Waals surface area contributed by atoms with E-state index in [-0.39, 0.29) is 5.91 Å². The fourth-order valence-corrected chi connectivity index (χ4v) is 2.52. The molecule has 2 amide bonds. The zero-order valence-electron chi connectivity index (χ0n) is 11.6. The van der Waals surface area contributed by atoms with Crippen molar-refractivity contribution in [1.29, 1.82) is 0 Å². The molecular formula is C16H14BrClN2O2. The second-order valence-electron chi connectivity index (χ2n) is 4.73. The molecule has 0 aromatic heterocycles. The highest BCUT2D eigenvalue weighted by atomic mass is 79.9. The van der Waals surface area contributed by atoms with Gasteiger partial charge in [0.05, 0.1) is 0 Å². The van der Waals surface area contributed by atoms with Gasteiger partial charge in [-0.15, -0.1) is 0 Å². The Morgan fingerprint density at radius 2 is 1.77 bits per heavy atom. The minimum absolute atomic E-state index is 0.316. The van der Waals surface area contributed by atoms with E-state index in [1.165, 1.54) is 0 Å². The van der Waals surface area contributed by atoms with Crippen LogP contribution in [0.2, 0.25) is 5.02 Å². The number of carbonyl (C=O) groups excluding carboxylic acids is 2. The first-order valence-corrected chi connectivity index (χ1v) is 7.73. The van der Waals surface area contributed by atoms with Crippen molar-refractivity contribution >= 4 is 39.3 Å². The van der Waals surface area contributed by atoms with Crippen LogP contribution in [0.3, 0.4) is 0 Å². The van der Waals surface area contributed by atoms with E-state index in [0.29, 0.717) is 17.0 Å². The molecule has 0 aliphatic heterocycles. The van der Waals surface area contributed by atoms with Crippen molar-refractivity contribution < 1.29 is 9.59 Å². The smallest absolute Gasteiger partial charge is 0.251 e. The van der Waals surface area contributed by atoms with Crippen molar-refractivity contribution in [2.45, 2.75) is 12.5 Å². The second-order valence-corrected chi connectivity index (χ2v) is 6.02. The summed E-state index contributed by atoms with van der Waals surface area (Å²) >= 11 is 9.20. The van der Waals surface area contributed by atoms with E-state index in [0.717, 1.165) is 10.0 Å². The predicted octanol–water partition coefficient (Wildman–Crippen LogP) is 2.93. The maximum Gasteiger partial charge on any atom is 0.251 e. The molecular weight excluding hydrogens is 368 g/mol. The Bertz CT molecular complexity index is 689. The topological polar surface area (TPSA) is 72.2 Å². The number of nitrogens with one attached hydrogen (secondary N) is 1. The van der Waals surface area contributed by atoms with Gasteiger partial charge in [0.15, 0.2) is 0 Å². The van der Waals surface area contributed by atoms with Gasteiger partial charge in [0, 0.05) is 21.5 Å². The van der Waals surface area contributed by atoms with E-state index in [1.54, 1.807) is 24.3 Å². The van der Waals surface area contributed by atoms with Gasteiger partial charge in [-0.2, -0.15) is 0 Å². The van der Waals surface area contributed by atoms with Crippen LogP contribution in [0.5, 0.6) is 0 Å². The Balaban J connectivity index is 2.12. The van der Waals surface area contributed by atoms with Crippen molar-refractivity contribution in [2.24, 2.45) is 5.73 Å². The highest BCUT2D eigenvalue weighted by molar-refractivity contribution is 9.10. The maximum atomic E-state index is 12.2. The molecule has 4 nitrogen and oxygen atoms in total. The van der Waals surface area contributed by atoms with Crippen LogP contribution in [0.4, 0.5) is 0 Å². The van der Waals surface area contributed by atoms with Crippen LogP contribution in [0.25, 0.3) is 0 Å². The van der Waals surface area contributed by atoms with Crippen LogP contribution in [0.15, 0.2) is 53.0 Å². The van der Waals surface area contributed by atoms with E-state index in [9.17, 15) is 9.59 Å². The summed E-state index contributed by atoms with van der Waals surface area (Å²) in [6.07, 6.45) is 0.316. The zero-order valence-corrected chi connectivity index (χ0v) is 13.9. The predicted molar refractivity (Wildman–Crippen MR) is 89.7 cm³/mol. The highest BCUT2D eigenvalue weighted by Crippen LogP contribution is 2.18. The Hall–Kier alpha value is -1.85. The Morgan fingerprint density at radius 3 is 2.36 bits per heavy atom. The number of hydrogen-bond acceptors (Lipinski definition) is 2.